The van der Waals surface area contributed by atoms with Crippen LogP contribution in [0.1, 0.15) is 26.2 Å². The Kier molecular flexibility index (Phi) is 5.33. The molecule has 0 unspecified atom stereocenters. The Morgan fingerprint density at radius 2 is 2.18 bits per heavy atom. The van der Waals surface area contributed by atoms with Gasteiger partial charge in [-0.15, -0.1) is 0 Å². The van der Waals surface area contributed by atoms with E-state index in [1.54, 1.807) is 0 Å². The van der Waals surface area contributed by atoms with Crippen molar-refractivity contribution in [2.24, 2.45) is 0 Å². The van der Waals surface area contributed by atoms with E-state index in [-0.39, 0.29) is 0 Å². The zero-order valence-electron chi connectivity index (χ0n) is 10.4. The molecule has 4 heteroatoms. The van der Waals surface area contributed by atoms with Crippen LogP contribution in [0.5, 0.6) is 0 Å². The van der Waals surface area contributed by atoms with Crippen LogP contribution in [0.3, 0.4) is 0 Å². The van der Waals surface area contributed by atoms with Crippen LogP contribution in [0.15, 0.2) is 24.3 Å². The second-order valence-electron chi connectivity index (χ2n) is 3.94. The van der Waals surface area contributed by atoms with E-state index in [4.69, 9.17) is 0 Å². The average Bonchev–Trinajstić information content (AvgIpc) is 2.34. The largest absolute Gasteiger partial charge is 0.465 e. The zero-order valence-corrected chi connectivity index (χ0v) is 10.4. The number of benzene rings is 1. The quantitative estimate of drug-likeness (QED) is 0.744. The molecule has 0 saturated heterocycles. The minimum atomic E-state index is -0.894. The summed E-state index contributed by atoms with van der Waals surface area (Å²) in [5.74, 6) is 0. The van der Waals surface area contributed by atoms with Gasteiger partial charge in [-0.3, -0.25) is 4.90 Å². The van der Waals surface area contributed by atoms with Gasteiger partial charge in [0.15, 0.2) is 0 Å². The van der Waals surface area contributed by atoms with E-state index in [1.165, 1.54) is 4.90 Å². The lowest BCUT2D eigenvalue weighted by Gasteiger charge is -2.19. The number of rotatable bonds is 6. The maximum atomic E-state index is 11.2. The van der Waals surface area contributed by atoms with Crippen molar-refractivity contribution in [2.45, 2.75) is 26.2 Å². The Balaban J connectivity index is 2.78. The maximum absolute atomic E-state index is 11.2. The first-order chi connectivity index (χ1) is 8.19. The highest BCUT2D eigenvalue weighted by Gasteiger charge is 2.13. The lowest BCUT2D eigenvalue weighted by atomic mass is 10.2. The van der Waals surface area contributed by atoms with Gasteiger partial charge in [-0.1, -0.05) is 25.8 Å². The molecule has 2 N–H and O–H groups in total. The standard InChI is InChI=1S/C13H20N2O2/c1-3-4-5-9-15(13(16)17)12-8-6-7-11(10-12)14-2/h6-8,10,14H,3-5,9H2,1-2H3,(H,16,17). The molecular formula is C13H20N2O2. The number of amides is 1. The van der Waals surface area contributed by atoms with Crippen molar-refractivity contribution < 1.29 is 9.90 Å². The van der Waals surface area contributed by atoms with Gasteiger partial charge in [-0.05, 0) is 24.6 Å². The van der Waals surface area contributed by atoms with Crippen LogP contribution in [-0.4, -0.2) is 24.8 Å². The third kappa shape index (κ3) is 3.98. The molecule has 94 valence electrons. The van der Waals surface area contributed by atoms with Crippen molar-refractivity contribution >= 4 is 17.5 Å². The molecule has 0 aliphatic carbocycles. The molecule has 0 aliphatic heterocycles. The van der Waals surface area contributed by atoms with Crippen molar-refractivity contribution in [2.75, 3.05) is 23.8 Å². The Morgan fingerprint density at radius 3 is 2.76 bits per heavy atom. The van der Waals surface area contributed by atoms with E-state index in [2.05, 4.69) is 12.2 Å². The van der Waals surface area contributed by atoms with Crippen molar-refractivity contribution in [3.8, 4) is 0 Å². The molecule has 0 fully saturated rings. The average molecular weight is 236 g/mol. The molecule has 1 aromatic carbocycles. The summed E-state index contributed by atoms with van der Waals surface area (Å²) in [4.78, 5) is 12.6. The van der Waals surface area contributed by atoms with E-state index in [0.29, 0.717) is 6.54 Å². The van der Waals surface area contributed by atoms with Crippen LogP contribution in [0.4, 0.5) is 16.2 Å². The fourth-order valence-electron chi connectivity index (χ4n) is 1.68. The Labute approximate surface area is 102 Å². The summed E-state index contributed by atoms with van der Waals surface area (Å²) in [5.41, 5.74) is 1.64. The monoisotopic (exact) mass is 236 g/mol. The van der Waals surface area contributed by atoms with Crippen LogP contribution in [0.2, 0.25) is 0 Å². The second-order valence-corrected chi connectivity index (χ2v) is 3.94. The smallest absolute Gasteiger partial charge is 0.411 e. The van der Waals surface area contributed by atoms with Gasteiger partial charge in [0.2, 0.25) is 0 Å². The molecule has 0 aliphatic rings. The molecule has 0 spiro atoms. The predicted octanol–water partition coefficient (Wildman–Crippen LogP) is 3.40. The fourth-order valence-corrected chi connectivity index (χ4v) is 1.68. The molecule has 0 radical (unpaired) electrons. The molecule has 0 aromatic heterocycles. The number of hydrogen-bond acceptors (Lipinski definition) is 2. The molecule has 4 nitrogen and oxygen atoms in total. The number of carbonyl (C=O) groups is 1. The van der Waals surface area contributed by atoms with E-state index in [9.17, 15) is 9.90 Å². The van der Waals surface area contributed by atoms with E-state index in [1.807, 2.05) is 31.3 Å². The predicted molar refractivity (Wildman–Crippen MR) is 70.9 cm³/mol. The first kappa shape index (κ1) is 13.4. The fraction of sp³-hybridized carbons (Fsp3) is 0.462. The normalized spacial score (nSPS) is 10.0. The number of anilines is 2. The van der Waals surface area contributed by atoms with Gasteiger partial charge < -0.3 is 10.4 Å². The van der Waals surface area contributed by atoms with Gasteiger partial charge in [0.1, 0.15) is 0 Å². The number of unbranched alkanes of at least 4 members (excludes halogenated alkanes) is 2. The molecule has 1 aromatic rings. The third-order valence-electron chi connectivity index (χ3n) is 2.66. The number of hydrogen-bond donors (Lipinski definition) is 2. The van der Waals surface area contributed by atoms with Crippen LogP contribution in [-0.2, 0) is 0 Å². The lowest BCUT2D eigenvalue weighted by Crippen LogP contribution is -2.30. The molecule has 0 saturated carbocycles. The maximum Gasteiger partial charge on any atom is 0.411 e. The van der Waals surface area contributed by atoms with Gasteiger partial charge >= 0.3 is 6.09 Å². The highest BCUT2D eigenvalue weighted by atomic mass is 16.4. The Hall–Kier alpha value is -1.71. The minimum absolute atomic E-state index is 0.552. The van der Waals surface area contributed by atoms with E-state index >= 15 is 0 Å². The van der Waals surface area contributed by atoms with Gasteiger partial charge in [0.05, 0.1) is 0 Å². The van der Waals surface area contributed by atoms with Crippen molar-refractivity contribution in [1.82, 2.24) is 0 Å². The molecule has 0 atom stereocenters. The van der Waals surface area contributed by atoms with Gasteiger partial charge in [-0.25, -0.2) is 4.79 Å². The third-order valence-corrected chi connectivity index (χ3v) is 2.66. The Morgan fingerprint density at radius 1 is 1.41 bits per heavy atom. The van der Waals surface area contributed by atoms with E-state index in [0.717, 1.165) is 30.6 Å². The van der Waals surface area contributed by atoms with E-state index < -0.39 is 6.09 Å². The lowest BCUT2D eigenvalue weighted by molar-refractivity contribution is 0.201. The molecule has 1 rings (SSSR count). The molecule has 0 heterocycles. The highest BCUT2D eigenvalue weighted by Crippen LogP contribution is 2.20. The van der Waals surface area contributed by atoms with Gasteiger partial charge in [-0.2, -0.15) is 0 Å². The highest BCUT2D eigenvalue weighted by molar-refractivity contribution is 5.86. The zero-order chi connectivity index (χ0) is 12.7. The summed E-state index contributed by atoms with van der Waals surface area (Å²) >= 11 is 0. The second kappa shape index (κ2) is 6.78. The first-order valence-corrected chi connectivity index (χ1v) is 5.97. The minimum Gasteiger partial charge on any atom is -0.465 e. The van der Waals surface area contributed by atoms with Gasteiger partial charge in [0.25, 0.3) is 0 Å². The molecule has 17 heavy (non-hydrogen) atoms. The van der Waals surface area contributed by atoms with Crippen LogP contribution >= 0.6 is 0 Å². The summed E-state index contributed by atoms with van der Waals surface area (Å²) in [7, 11) is 1.82. The summed E-state index contributed by atoms with van der Waals surface area (Å²) in [6, 6.07) is 7.44. The van der Waals surface area contributed by atoms with Gasteiger partial charge in [0, 0.05) is 25.0 Å². The van der Waals surface area contributed by atoms with Crippen molar-refractivity contribution in [3.63, 3.8) is 0 Å². The first-order valence-electron chi connectivity index (χ1n) is 5.97. The molecular weight excluding hydrogens is 216 g/mol. The number of nitrogens with one attached hydrogen (secondary N) is 1. The topological polar surface area (TPSA) is 52.6 Å². The summed E-state index contributed by atoms with van der Waals surface area (Å²) in [6.45, 7) is 2.66. The van der Waals surface area contributed by atoms with Crippen LogP contribution in [0, 0.1) is 0 Å². The molecule has 0 bridgehead atoms. The number of nitrogens with zero attached hydrogens (tertiary/aromatic N) is 1. The number of carboxylic acid groups (broad SMARTS) is 1. The van der Waals surface area contributed by atoms with Crippen LogP contribution < -0.4 is 10.2 Å². The SMILES string of the molecule is CCCCCN(C(=O)O)c1cccc(NC)c1. The summed E-state index contributed by atoms with van der Waals surface area (Å²) in [6.07, 6.45) is 2.14. The molecule has 1 amide bonds. The Bertz CT molecular complexity index is 366. The van der Waals surface area contributed by atoms with Crippen molar-refractivity contribution in [1.29, 1.82) is 0 Å². The van der Waals surface area contributed by atoms with Crippen molar-refractivity contribution in [3.05, 3.63) is 24.3 Å². The summed E-state index contributed by atoms with van der Waals surface area (Å²) in [5, 5.41) is 12.2. The van der Waals surface area contributed by atoms with Crippen LogP contribution in [0.25, 0.3) is 0 Å². The summed E-state index contributed by atoms with van der Waals surface area (Å²) < 4.78 is 0.